The SMILES string of the molecule is C1=CCC2(CC=CCC2)CC1. The molecule has 0 aromatic carbocycles. The normalized spacial score (nSPS) is 27.6. The van der Waals surface area contributed by atoms with Crippen LogP contribution in [0, 0.1) is 5.41 Å². The molecule has 0 fully saturated rings. The van der Waals surface area contributed by atoms with Crippen LogP contribution < -0.4 is 0 Å². The summed E-state index contributed by atoms with van der Waals surface area (Å²) in [6.07, 6.45) is 17.6. The van der Waals surface area contributed by atoms with E-state index in [-0.39, 0.29) is 0 Å². The fraction of sp³-hybridized carbons (Fsp3) is 0.636. The van der Waals surface area contributed by atoms with Crippen LogP contribution in [-0.2, 0) is 0 Å². The molecule has 0 saturated heterocycles. The molecule has 0 aliphatic heterocycles. The molecule has 11 heavy (non-hydrogen) atoms. The molecule has 0 radical (unpaired) electrons. The Labute approximate surface area is 69.0 Å². The first-order valence-electron chi connectivity index (χ1n) is 4.71. The highest BCUT2D eigenvalue weighted by Crippen LogP contribution is 2.42. The zero-order valence-electron chi connectivity index (χ0n) is 7.05. The predicted molar refractivity (Wildman–Crippen MR) is 48.4 cm³/mol. The molecule has 0 nitrogen and oxygen atoms in total. The van der Waals surface area contributed by atoms with Gasteiger partial charge in [0.2, 0.25) is 0 Å². The van der Waals surface area contributed by atoms with Crippen LogP contribution in [0.25, 0.3) is 0 Å². The minimum Gasteiger partial charge on any atom is -0.0885 e. The van der Waals surface area contributed by atoms with Gasteiger partial charge in [-0.2, -0.15) is 0 Å². The standard InChI is InChI=1S/C11H16/c1-3-7-11(8-4-1)9-5-2-6-10-11/h1-3,5H,4,6-10H2. The van der Waals surface area contributed by atoms with Crippen LogP contribution in [0.2, 0.25) is 0 Å². The van der Waals surface area contributed by atoms with E-state index in [1.807, 2.05) is 0 Å². The summed E-state index contributed by atoms with van der Waals surface area (Å²) < 4.78 is 0. The first-order chi connectivity index (χ1) is 5.41. The van der Waals surface area contributed by atoms with Gasteiger partial charge in [-0.25, -0.2) is 0 Å². The van der Waals surface area contributed by atoms with Gasteiger partial charge in [0.05, 0.1) is 0 Å². The van der Waals surface area contributed by atoms with Gasteiger partial charge >= 0.3 is 0 Å². The third-order valence-electron chi connectivity index (χ3n) is 3.12. The molecule has 0 atom stereocenters. The van der Waals surface area contributed by atoms with E-state index >= 15 is 0 Å². The number of rotatable bonds is 0. The Bertz CT molecular complexity index is 164. The molecule has 60 valence electrons. The molecule has 0 saturated carbocycles. The van der Waals surface area contributed by atoms with Gasteiger partial charge in [-0.05, 0) is 43.9 Å². The summed E-state index contributed by atoms with van der Waals surface area (Å²) in [5, 5.41) is 0. The van der Waals surface area contributed by atoms with Crippen molar-refractivity contribution in [2.75, 3.05) is 0 Å². The van der Waals surface area contributed by atoms with Gasteiger partial charge in [0, 0.05) is 0 Å². The minimum atomic E-state index is 0.684. The Morgan fingerprint density at radius 1 is 0.727 bits per heavy atom. The molecule has 0 bridgehead atoms. The van der Waals surface area contributed by atoms with E-state index in [1.54, 1.807) is 0 Å². The number of hydrogen-bond donors (Lipinski definition) is 0. The molecule has 0 amide bonds. The molecule has 0 unspecified atom stereocenters. The van der Waals surface area contributed by atoms with Crippen LogP contribution in [0.3, 0.4) is 0 Å². The molecule has 0 aromatic heterocycles. The van der Waals surface area contributed by atoms with Crippen LogP contribution in [-0.4, -0.2) is 0 Å². The Morgan fingerprint density at radius 3 is 1.64 bits per heavy atom. The topological polar surface area (TPSA) is 0 Å². The largest absolute Gasteiger partial charge is 0.0885 e. The highest BCUT2D eigenvalue weighted by molar-refractivity contribution is 5.04. The lowest BCUT2D eigenvalue weighted by atomic mass is 9.69. The monoisotopic (exact) mass is 148 g/mol. The Morgan fingerprint density at radius 2 is 1.27 bits per heavy atom. The van der Waals surface area contributed by atoms with Gasteiger partial charge in [0.1, 0.15) is 0 Å². The summed E-state index contributed by atoms with van der Waals surface area (Å²) in [5.74, 6) is 0. The summed E-state index contributed by atoms with van der Waals surface area (Å²) >= 11 is 0. The quantitative estimate of drug-likeness (QED) is 0.461. The Kier molecular flexibility index (Phi) is 1.85. The van der Waals surface area contributed by atoms with Crippen LogP contribution in [0.4, 0.5) is 0 Å². The van der Waals surface area contributed by atoms with Gasteiger partial charge < -0.3 is 0 Å². The lowest BCUT2D eigenvalue weighted by Crippen LogP contribution is -2.22. The van der Waals surface area contributed by atoms with Crippen molar-refractivity contribution >= 4 is 0 Å². The van der Waals surface area contributed by atoms with Crippen molar-refractivity contribution in [2.24, 2.45) is 5.41 Å². The molecule has 2 rings (SSSR count). The van der Waals surface area contributed by atoms with Gasteiger partial charge in [0.15, 0.2) is 0 Å². The van der Waals surface area contributed by atoms with Crippen molar-refractivity contribution in [3.05, 3.63) is 24.3 Å². The van der Waals surface area contributed by atoms with Crippen molar-refractivity contribution in [2.45, 2.75) is 38.5 Å². The Hall–Kier alpha value is -0.520. The molecule has 2 aliphatic carbocycles. The average Bonchev–Trinajstić information content (AvgIpc) is 2.07. The van der Waals surface area contributed by atoms with Crippen molar-refractivity contribution < 1.29 is 0 Å². The van der Waals surface area contributed by atoms with Crippen molar-refractivity contribution in [3.63, 3.8) is 0 Å². The smallest absolute Gasteiger partial charge is 0.0223 e. The van der Waals surface area contributed by atoms with E-state index in [1.165, 1.54) is 38.5 Å². The van der Waals surface area contributed by atoms with E-state index < -0.39 is 0 Å². The van der Waals surface area contributed by atoms with E-state index in [9.17, 15) is 0 Å². The second kappa shape index (κ2) is 2.84. The molecule has 1 spiro atoms. The van der Waals surface area contributed by atoms with Gasteiger partial charge in [-0.15, -0.1) is 0 Å². The molecule has 0 N–H and O–H groups in total. The Balaban J connectivity index is 2.09. The summed E-state index contributed by atoms with van der Waals surface area (Å²) in [6.45, 7) is 0. The number of allylic oxidation sites excluding steroid dienone is 4. The van der Waals surface area contributed by atoms with Crippen molar-refractivity contribution in [3.8, 4) is 0 Å². The number of hydrogen-bond acceptors (Lipinski definition) is 0. The lowest BCUT2D eigenvalue weighted by molar-refractivity contribution is 0.232. The lowest BCUT2D eigenvalue weighted by Gasteiger charge is -2.36. The van der Waals surface area contributed by atoms with E-state index in [4.69, 9.17) is 0 Å². The molecule has 2 aliphatic rings. The zero-order valence-corrected chi connectivity index (χ0v) is 7.05. The van der Waals surface area contributed by atoms with E-state index in [0.29, 0.717) is 5.41 Å². The molecular formula is C11H16. The van der Waals surface area contributed by atoms with Crippen molar-refractivity contribution in [1.82, 2.24) is 0 Å². The maximum Gasteiger partial charge on any atom is -0.0223 e. The molecule has 0 heteroatoms. The second-order valence-corrected chi connectivity index (χ2v) is 3.93. The summed E-state index contributed by atoms with van der Waals surface area (Å²) in [7, 11) is 0. The first-order valence-corrected chi connectivity index (χ1v) is 4.71. The third-order valence-corrected chi connectivity index (χ3v) is 3.12. The highest BCUT2D eigenvalue weighted by Gasteiger charge is 2.29. The van der Waals surface area contributed by atoms with Crippen molar-refractivity contribution in [1.29, 1.82) is 0 Å². The third kappa shape index (κ3) is 1.40. The maximum atomic E-state index is 2.38. The van der Waals surface area contributed by atoms with Crippen LogP contribution in [0.5, 0.6) is 0 Å². The average molecular weight is 148 g/mol. The zero-order chi connectivity index (χ0) is 7.57. The van der Waals surface area contributed by atoms with Gasteiger partial charge in [-0.1, -0.05) is 24.3 Å². The van der Waals surface area contributed by atoms with Crippen LogP contribution >= 0.6 is 0 Å². The molecular weight excluding hydrogens is 132 g/mol. The van der Waals surface area contributed by atoms with Gasteiger partial charge in [-0.3, -0.25) is 0 Å². The maximum absolute atomic E-state index is 2.38. The van der Waals surface area contributed by atoms with E-state index in [0.717, 1.165) is 0 Å². The fourth-order valence-corrected chi connectivity index (χ4v) is 2.30. The van der Waals surface area contributed by atoms with E-state index in [2.05, 4.69) is 24.3 Å². The molecule has 0 heterocycles. The summed E-state index contributed by atoms with van der Waals surface area (Å²) in [5.41, 5.74) is 0.684. The fourth-order valence-electron chi connectivity index (χ4n) is 2.30. The van der Waals surface area contributed by atoms with Crippen LogP contribution in [0.1, 0.15) is 38.5 Å². The minimum absolute atomic E-state index is 0.684. The summed E-state index contributed by atoms with van der Waals surface area (Å²) in [4.78, 5) is 0. The predicted octanol–water partition coefficient (Wildman–Crippen LogP) is 3.45. The van der Waals surface area contributed by atoms with Gasteiger partial charge in [0.25, 0.3) is 0 Å². The highest BCUT2D eigenvalue weighted by atomic mass is 14.3. The summed E-state index contributed by atoms with van der Waals surface area (Å²) in [6, 6.07) is 0. The molecule has 0 aromatic rings. The first kappa shape index (κ1) is 7.15. The van der Waals surface area contributed by atoms with Crippen LogP contribution in [0.15, 0.2) is 24.3 Å². The second-order valence-electron chi connectivity index (χ2n) is 3.93.